The van der Waals surface area contributed by atoms with Crippen LogP contribution in [0.5, 0.6) is 11.5 Å². The smallest absolute Gasteiger partial charge is 0.163 e. The quantitative estimate of drug-likeness (QED) is 0.759. The number of aromatic nitrogens is 1. The number of carbonyl (C=O) groups is 1. The van der Waals surface area contributed by atoms with Crippen molar-refractivity contribution in [3.63, 3.8) is 0 Å². The third-order valence-corrected chi connectivity index (χ3v) is 5.08. The molecular formula is C20H23ClN2O3. The molecule has 1 aliphatic rings. The molecule has 0 N–H and O–H groups in total. The van der Waals surface area contributed by atoms with Crippen LogP contribution in [-0.2, 0) is 0 Å². The van der Waals surface area contributed by atoms with Gasteiger partial charge in [-0.3, -0.25) is 9.79 Å². The van der Waals surface area contributed by atoms with Gasteiger partial charge in [-0.25, -0.2) is 0 Å². The lowest BCUT2D eigenvalue weighted by Gasteiger charge is -2.25. The summed E-state index contributed by atoms with van der Waals surface area (Å²) >= 11 is 6.37. The largest absolute Gasteiger partial charge is 0.495 e. The Balaban J connectivity index is 2.37. The molecule has 0 bridgehead atoms. The van der Waals surface area contributed by atoms with E-state index in [1.54, 1.807) is 21.1 Å². The molecule has 1 aromatic heterocycles. The minimum Gasteiger partial charge on any atom is -0.495 e. The molecule has 1 aromatic carbocycles. The summed E-state index contributed by atoms with van der Waals surface area (Å²) in [6.07, 6.45) is 1.89. The Bertz CT molecular complexity index is 931. The highest BCUT2D eigenvalue weighted by molar-refractivity contribution is 6.32. The van der Waals surface area contributed by atoms with Crippen molar-refractivity contribution >= 4 is 17.4 Å². The summed E-state index contributed by atoms with van der Waals surface area (Å²) in [7, 11) is 3.27. The van der Waals surface area contributed by atoms with Gasteiger partial charge in [0.1, 0.15) is 18.1 Å². The first-order chi connectivity index (χ1) is 12.4. The SMILES string of the molecule is CN=c1cc2n(cc1C(C)=O)C(C(C)C)COc1cc(OC)c(Cl)cc1-2. The van der Waals surface area contributed by atoms with Crippen LogP contribution in [0.4, 0.5) is 0 Å². The Labute approximate surface area is 158 Å². The number of ketones is 1. The van der Waals surface area contributed by atoms with E-state index in [0.29, 0.717) is 40.0 Å². The topological polar surface area (TPSA) is 52.8 Å². The monoisotopic (exact) mass is 374 g/mol. The van der Waals surface area contributed by atoms with Crippen molar-refractivity contribution < 1.29 is 14.3 Å². The zero-order valence-electron chi connectivity index (χ0n) is 15.7. The molecule has 0 spiro atoms. The number of methoxy groups -OCH3 is 1. The summed E-state index contributed by atoms with van der Waals surface area (Å²) < 4.78 is 13.5. The van der Waals surface area contributed by atoms with E-state index in [-0.39, 0.29) is 11.8 Å². The lowest BCUT2D eigenvalue weighted by atomic mass is 10.0. The van der Waals surface area contributed by atoms with Crippen molar-refractivity contribution in [1.82, 2.24) is 4.57 Å². The van der Waals surface area contributed by atoms with Crippen molar-refractivity contribution in [2.75, 3.05) is 20.8 Å². The van der Waals surface area contributed by atoms with E-state index in [0.717, 1.165) is 11.3 Å². The molecule has 26 heavy (non-hydrogen) atoms. The van der Waals surface area contributed by atoms with E-state index in [2.05, 4.69) is 23.4 Å². The molecule has 2 aromatic rings. The maximum atomic E-state index is 12.1. The number of fused-ring (bicyclic) bond motifs is 3. The maximum absolute atomic E-state index is 12.1. The fourth-order valence-corrected chi connectivity index (χ4v) is 3.52. The Morgan fingerprint density at radius 3 is 2.69 bits per heavy atom. The third kappa shape index (κ3) is 3.12. The normalized spacial score (nSPS) is 16.6. The second-order valence-corrected chi connectivity index (χ2v) is 7.16. The van der Waals surface area contributed by atoms with Crippen molar-refractivity contribution in [3.8, 4) is 22.8 Å². The minimum absolute atomic E-state index is 0.0124. The zero-order valence-corrected chi connectivity index (χ0v) is 16.4. The molecule has 1 aliphatic heterocycles. The van der Waals surface area contributed by atoms with Gasteiger partial charge in [0.25, 0.3) is 0 Å². The molecular weight excluding hydrogens is 352 g/mol. The molecule has 2 heterocycles. The van der Waals surface area contributed by atoms with E-state index >= 15 is 0 Å². The lowest BCUT2D eigenvalue weighted by Crippen LogP contribution is -2.25. The number of carbonyl (C=O) groups excluding carboxylic acids is 1. The Morgan fingerprint density at radius 2 is 2.12 bits per heavy atom. The van der Waals surface area contributed by atoms with Gasteiger partial charge >= 0.3 is 0 Å². The van der Waals surface area contributed by atoms with Gasteiger partial charge in [0.2, 0.25) is 0 Å². The van der Waals surface area contributed by atoms with E-state index in [4.69, 9.17) is 21.1 Å². The summed E-state index contributed by atoms with van der Waals surface area (Å²) in [5.41, 5.74) is 2.38. The van der Waals surface area contributed by atoms with Gasteiger partial charge in [0.15, 0.2) is 5.78 Å². The third-order valence-electron chi connectivity index (χ3n) is 4.78. The molecule has 1 unspecified atom stereocenters. The summed E-state index contributed by atoms with van der Waals surface area (Å²) in [6.45, 7) is 6.33. The van der Waals surface area contributed by atoms with Gasteiger partial charge in [-0.1, -0.05) is 25.4 Å². The maximum Gasteiger partial charge on any atom is 0.163 e. The Kier molecular flexibility index (Phi) is 5.10. The van der Waals surface area contributed by atoms with Crippen LogP contribution in [0, 0.1) is 5.92 Å². The summed E-state index contributed by atoms with van der Waals surface area (Å²) in [5, 5.41) is 1.17. The number of hydrogen-bond donors (Lipinski definition) is 0. The molecule has 0 aliphatic carbocycles. The number of pyridine rings is 1. The van der Waals surface area contributed by atoms with E-state index < -0.39 is 0 Å². The molecule has 5 nitrogen and oxygen atoms in total. The average molecular weight is 375 g/mol. The van der Waals surface area contributed by atoms with Gasteiger partial charge in [0.05, 0.1) is 34.8 Å². The van der Waals surface area contributed by atoms with E-state index in [9.17, 15) is 4.79 Å². The van der Waals surface area contributed by atoms with Crippen molar-refractivity contribution in [2.24, 2.45) is 10.9 Å². The Hall–Kier alpha value is -2.27. The predicted octanol–water partition coefficient (Wildman–Crippen LogP) is 4.14. The first-order valence-corrected chi connectivity index (χ1v) is 8.95. The molecule has 0 saturated heterocycles. The van der Waals surface area contributed by atoms with Gasteiger partial charge in [0, 0.05) is 24.9 Å². The summed E-state index contributed by atoms with van der Waals surface area (Å²) in [5.74, 6) is 1.58. The van der Waals surface area contributed by atoms with Crippen LogP contribution < -0.4 is 14.8 Å². The van der Waals surface area contributed by atoms with Gasteiger partial charge < -0.3 is 14.0 Å². The second kappa shape index (κ2) is 7.16. The molecule has 3 rings (SSSR count). The summed E-state index contributed by atoms with van der Waals surface area (Å²) in [4.78, 5) is 16.4. The van der Waals surface area contributed by atoms with Crippen molar-refractivity contribution in [3.05, 3.63) is 40.3 Å². The molecule has 0 amide bonds. The van der Waals surface area contributed by atoms with Crippen LogP contribution in [0.25, 0.3) is 11.3 Å². The zero-order chi connectivity index (χ0) is 19.0. The molecule has 0 fully saturated rings. The van der Waals surface area contributed by atoms with E-state index in [1.807, 2.05) is 24.4 Å². The van der Waals surface area contributed by atoms with E-state index in [1.165, 1.54) is 0 Å². The standard InChI is InChI=1S/C20H23ClN2O3/c1-11(2)18-10-26-19-8-20(25-5)15(21)6-13(19)17-7-16(22-4)14(12(3)24)9-23(17)18/h6-9,11,18H,10H2,1-5H3. The number of halogens is 1. The molecule has 138 valence electrons. The average Bonchev–Trinajstić information content (AvgIpc) is 2.76. The number of nitrogens with zero attached hydrogens (tertiary/aromatic N) is 2. The number of benzene rings is 1. The molecule has 6 heteroatoms. The van der Waals surface area contributed by atoms with Crippen LogP contribution in [0.1, 0.15) is 37.2 Å². The number of hydrogen-bond acceptors (Lipinski definition) is 4. The Morgan fingerprint density at radius 1 is 1.38 bits per heavy atom. The fourth-order valence-electron chi connectivity index (χ4n) is 3.28. The predicted molar refractivity (Wildman–Crippen MR) is 102 cm³/mol. The minimum atomic E-state index is -0.0124. The van der Waals surface area contributed by atoms with Crippen LogP contribution in [0.2, 0.25) is 5.02 Å². The highest BCUT2D eigenvalue weighted by Crippen LogP contribution is 2.42. The van der Waals surface area contributed by atoms with Gasteiger partial charge in [-0.15, -0.1) is 0 Å². The first-order valence-electron chi connectivity index (χ1n) is 8.58. The highest BCUT2D eigenvalue weighted by atomic mass is 35.5. The van der Waals surface area contributed by atoms with Crippen LogP contribution >= 0.6 is 11.6 Å². The van der Waals surface area contributed by atoms with Gasteiger partial charge in [-0.05, 0) is 25.0 Å². The molecule has 0 radical (unpaired) electrons. The summed E-state index contributed by atoms with van der Waals surface area (Å²) in [6, 6.07) is 5.66. The number of rotatable bonds is 3. The molecule has 0 saturated carbocycles. The fraction of sp³-hybridized carbons (Fsp3) is 0.400. The number of Topliss-reactive ketones (excluding diaryl/α,β-unsaturated/α-hetero) is 1. The molecule has 1 atom stereocenters. The van der Waals surface area contributed by atoms with Gasteiger partial charge in [-0.2, -0.15) is 0 Å². The van der Waals surface area contributed by atoms with Crippen LogP contribution in [-0.4, -0.2) is 31.1 Å². The highest BCUT2D eigenvalue weighted by Gasteiger charge is 2.27. The van der Waals surface area contributed by atoms with Crippen molar-refractivity contribution in [1.29, 1.82) is 0 Å². The first kappa shape index (κ1) is 18.5. The number of ether oxygens (including phenoxy) is 2. The second-order valence-electron chi connectivity index (χ2n) is 6.75. The van der Waals surface area contributed by atoms with Crippen LogP contribution in [0.15, 0.2) is 29.4 Å². The van der Waals surface area contributed by atoms with Crippen LogP contribution in [0.3, 0.4) is 0 Å². The van der Waals surface area contributed by atoms with Crippen molar-refractivity contribution in [2.45, 2.75) is 26.8 Å². The lowest BCUT2D eigenvalue weighted by molar-refractivity contribution is 0.101.